The maximum Gasteiger partial charge on any atom is 0.191 e. The molecule has 0 spiro atoms. The van der Waals surface area contributed by atoms with Crippen LogP contribution in [-0.2, 0) is 13.0 Å². The number of thioether (sulfide) groups is 1. The van der Waals surface area contributed by atoms with Crippen molar-refractivity contribution in [1.29, 1.82) is 0 Å². The maximum atomic E-state index is 12.9. The normalized spacial score (nSPS) is 10.8. The topological polar surface area (TPSA) is 39.9 Å². The first-order valence-electron chi connectivity index (χ1n) is 8.73. The van der Waals surface area contributed by atoms with E-state index in [0.29, 0.717) is 12.4 Å². The maximum absolute atomic E-state index is 12.9. The molecule has 3 aromatic rings. The zero-order valence-corrected chi connectivity index (χ0v) is 15.6. The largest absolute Gasteiger partial charge is 0.494 e. The van der Waals surface area contributed by atoms with Gasteiger partial charge in [-0.05, 0) is 43.2 Å². The average Bonchev–Trinajstić information content (AvgIpc) is 3.05. The fourth-order valence-electron chi connectivity index (χ4n) is 2.60. The van der Waals surface area contributed by atoms with Crippen molar-refractivity contribution in [2.45, 2.75) is 31.5 Å². The number of aromatic nitrogens is 3. The summed E-state index contributed by atoms with van der Waals surface area (Å²) >= 11 is 1.69. The standard InChI is InChI=1S/C20H22FN3OS/c1-2-24-19(15-16-7-4-3-5-8-16)22-23-20(24)26-14-6-13-25-18-11-9-17(21)10-12-18/h3-5,7-12H,2,6,13-15H2,1H3. The van der Waals surface area contributed by atoms with Crippen LogP contribution >= 0.6 is 11.8 Å². The summed E-state index contributed by atoms with van der Waals surface area (Å²) in [5.41, 5.74) is 1.24. The average molecular weight is 371 g/mol. The van der Waals surface area contributed by atoms with E-state index in [1.807, 2.05) is 18.2 Å². The summed E-state index contributed by atoms with van der Waals surface area (Å²) in [6.45, 7) is 3.55. The van der Waals surface area contributed by atoms with Crippen LogP contribution in [0.1, 0.15) is 24.7 Å². The van der Waals surface area contributed by atoms with Crippen molar-refractivity contribution in [3.63, 3.8) is 0 Å². The summed E-state index contributed by atoms with van der Waals surface area (Å²) in [5.74, 6) is 2.32. The highest BCUT2D eigenvalue weighted by molar-refractivity contribution is 7.99. The van der Waals surface area contributed by atoms with Gasteiger partial charge in [0.25, 0.3) is 0 Å². The highest BCUT2D eigenvalue weighted by atomic mass is 32.2. The summed E-state index contributed by atoms with van der Waals surface area (Å²) in [6.07, 6.45) is 1.67. The van der Waals surface area contributed by atoms with Gasteiger partial charge < -0.3 is 9.30 Å². The van der Waals surface area contributed by atoms with Gasteiger partial charge in [0.05, 0.1) is 6.61 Å². The molecule has 26 heavy (non-hydrogen) atoms. The van der Waals surface area contributed by atoms with Crippen molar-refractivity contribution in [3.8, 4) is 5.75 Å². The van der Waals surface area contributed by atoms with Gasteiger partial charge in [0.2, 0.25) is 0 Å². The van der Waals surface area contributed by atoms with E-state index in [4.69, 9.17) is 4.74 Å². The Balaban J connectivity index is 1.48. The number of hydrogen-bond acceptors (Lipinski definition) is 4. The fourth-order valence-corrected chi connectivity index (χ4v) is 3.53. The molecule has 0 saturated heterocycles. The van der Waals surface area contributed by atoms with E-state index in [1.54, 1.807) is 23.9 Å². The van der Waals surface area contributed by atoms with Gasteiger partial charge in [-0.25, -0.2) is 4.39 Å². The summed E-state index contributed by atoms with van der Waals surface area (Å²) in [5, 5.41) is 9.65. The van der Waals surface area contributed by atoms with E-state index >= 15 is 0 Å². The highest BCUT2D eigenvalue weighted by Gasteiger charge is 2.11. The number of halogens is 1. The molecular formula is C20H22FN3OS. The lowest BCUT2D eigenvalue weighted by atomic mass is 10.1. The van der Waals surface area contributed by atoms with Gasteiger partial charge in [0, 0.05) is 18.7 Å². The number of hydrogen-bond donors (Lipinski definition) is 0. The van der Waals surface area contributed by atoms with E-state index in [2.05, 4.69) is 33.8 Å². The Morgan fingerprint density at radius 2 is 1.81 bits per heavy atom. The van der Waals surface area contributed by atoms with Crippen LogP contribution in [0.4, 0.5) is 4.39 Å². The summed E-state index contributed by atoms with van der Waals surface area (Å²) in [6, 6.07) is 16.4. The molecule has 0 aliphatic heterocycles. The van der Waals surface area contributed by atoms with Gasteiger partial charge in [0.15, 0.2) is 5.16 Å². The second kappa shape index (κ2) is 9.38. The predicted octanol–water partition coefficient (Wildman–Crippen LogP) is 4.59. The van der Waals surface area contributed by atoms with Crippen molar-refractivity contribution in [3.05, 3.63) is 71.8 Å². The second-order valence-electron chi connectivity index (χ2n) is 5.81. The molecule has 0 aliphatic carbocycles. The van der Waals surface area contributed by atoms with E-state index in [1.165, 1.54) is 17.7 Å². The molecule has 0 unspecified atom stereocenters. The Morgan fingerprint density at radius 3 is 2.54 bits per heavy atom. The first kappa shape index (κ1) is 18.5. The Labute approximate surface area is 157 Å². The van der Waals surface area contributed by atoms with Gasteiger partial charge >= 0.3 is 0 Å². The van der Waals surface area contributed by atoms with E-state index < -0.39 is 0 Å². The Morgan fingerprint density at radius 1 is 1.04 bits per heavy atom. The van der Waals surface area contributed by atoms with Gasteiger partial charge in [0.1, 0.15) is 17.4 Å². The third-order valence-electron chi connectivity index (χ3n) is 3.92. The quantitative estimate of drug-likeness (QED) is 0.407. The minimum absolute atomic E-state index is 0.252. The number of benzene rings is 2. The molecule has 1 aromatic heterocycles. The summed E-state index contributed by atoms with van der Waals surface area (Å²) in [4.78, 5) is 0. The molecule has 0 saturated carbocycles. The van der Waals surface area contributed by atoms with Crippen molar-refractivity contribution >= 4 is 11.8 Å². The van der Waals surface area contributed by atoms with Gasteiger partial charge in [-0.1, -0.05) is 42.1 Å². The smallest absolute Gasteiger partial charge is 0.191 e. The van der Waals surface area contributed by atoms with Crippen LogP contribution in [0, 0.1) is 5.82 Å². The van der Waals surface area contributed by atoms with Crippen LogP contribution in [0.15, 0.2) is 59.8 Å². The van der Waals surface area contributed by atoms with Gasteiger partial charge in [-0.2, -0.15) is 0 Å². The van der Waals surface area contributed by atoms with E-state index in [-0.39, 0.29) is 5.82 Å². The van der Waals surface area contributed by atoms with Crippen LogP contribution in [0.2, 0.25) is 0 Å². The van der Waals surface area contributed by atoms with Crippen LogP contribution in [-0.4, -0.2) is 27.1 Å². The number of rotatable bonds is 9. The van der Waals surface area contributed by atoms with Crippen molar-refractivity contribution in [2.24, 2.45) is 0 Å². The zero-order chi connectivity index (χ0) is 18.2. The molecule has 136 valence electrons. The van der Waals surface area contributed by atoms with Crippen LogP contribution in [0.3, 0.4) is 0 Å². The molecule has 2 aromatic carbocycles. The lowest BCUT2D eigenvalue weighted by Crippen LogP contribution is -2.05. The summed E-state index contributed by atoms with van der Waals surface area (Å²) in [7, 11) is 0. The molecule has 4 nitrogen and oxygen atoms in total. The first-order valence-corrected chi connectivity index (χ1v) is 9.72. The Kier molecular flexibility index (Phi) is 6.66. The monoisotopic (exact) mass is 371 g/mol. The third kappa shape index (κ3) is 5.08. The molecule has 0 fully saturated rings. The molecule has 3 rings (SSSR count). The van der Waals surface area contributed by atoms with Crippen LogP contribution in [0.25, 0.3) is 0 Å². The number of ether oxygens (including phenoxy) is 1. The Bertz CT molecular complexity index is 806. The zero-order valence-electron chi connectivity index (χ0n) is 14.8. The highest BCUT2D eigenvalue weighted by Crippen LogP contribution is 2.20. The molecule has 0 atom stereocenters. The molecule has 0 radical (unpaired) electrons. The minimum Gasteiger partial charge on any atom is -0.494 e. The van der Waals surface area contributed by atoms with Gasteiger partial charge in [-0.3, -0.25) is 0 Å². The molecular weight excluding hydrogens is 349 g/mol. The Hall–Kier alpha value is -2.34. The van der Waals surface area contributed by atoms with Crippen molar-refractivity contribution in [2.75, 3.05) is 12.4 Å². The lowest BCUT2D eigenvalue weighted by Gasteiger charge is -2.08. The van der Waals surface area contributed by atoms with Crippen LogP contribution < -0.4 is 4.74 Å². The lowest BCUT2D eigenvalue weighted by molar-refractivity contribution is 0.318. The van der Waals surface area contributed by atoms with Gasteiger partial charge in [-0.15, -0.1) is 10.2 Å². The SMILES string of the molecule is CCn1c(Cc2ccccc2)nnc1SCCCOc1ccc(F)cc1. The second-order valence-corrected chi connectivity index (χ2v) is 6.87. The first-order chi connectivity index (χ1) is 12.8. The summed E-state index contributed by atoms with van der Waals surface area (Å²) < 4.78 is 20.6. The molecule has 0 bridgehead atoms. The fraction of sp³-hybridized carbons (Fsp3) is 0.300. The molecule has 1 heterocycles. The van der Waals surface area contributed by atoms with Crippen LogP contribution in [0.5, 0.6) is 5.75 Å². The molecule has 0 amide bonds. The number of nitrogens with zero attached hydrogens (tertiary/aromatic N) is 3. The molecule has 6 heteroatoms. The van der Waals surface area contributed by atoms with Crippen molar-refractivity contribution < 1.29 is 9.13 Å². The van der Waals surface area contributed by atoms with Crippen molar-refractivity contribution in [1.82, 2.24) is 14.8 Å². The molecule has 0 aliphatic rings. The van der Waals surface area contributed by atoms with E-state index in [9.17, 15) is 4.39 Å². The third-order valence-corrected chi connectivity index (χ3v) is 4.97. The predicted molar refractivity (Wildman–Crippen MR) is 102 cm³/mol. The molecule has 0 N–H and O–H groups in total. The minimum atomic E-state index is -0.252. The van der Waals surface area contributed by atoms with E-state index in [0.717, 1.165) is 36.1 Å².